The summed E-state index contributed by atoms with van der Waals surface area (Å²) in [6, 6.07) is 1.65. The van der Waals surface area contributed by atoms with E-state index in [1.54, 1.807) is 10.4 Å². The topological polar surface area (TPSA) is 58.6 Å². The van der Waals surface area contributed by atoms with Gasteiger partial charge in [0.2, 0.25) is 10.0 Å². The fourth-order valence-electron chi connectivity index (χ4n) is 2.25. The largest absolute Gasteiger partial charge is 0.378 e. The minimum absolute atomic E-state index is 0.0546. The maximum absolute atomic E-state index is 12.8. The van der Waals surface area contributed by atoms with Crippen LogP contribution >= 0.6 is 11.3 Å². The van der Waals surface area contributed by atoms with Crippen LogP contribution < -0.4 is 5.32 Å². The van der Waals surface area contributed by atoms with Crippen LogP contribution in [-0.4, -0.2) is 45.6 Å². The molecule has 1 aromatic rings. The molecule has 2 heterocycles. The van der Waals surface area contributed by atoms with Gasteiger partial charge < -0.3 is 10.1 Å². The van der Waals surface area contributed by atoms with Crippen LogP contribution in [0.4, 0.5) is 0 Å². The minimum atomic E-state index is -3.41. The van der Waals surface area contributed by atoms with Crippen LogP contribution in [0, 0.1) is 0 Å². The Morgan fingerprint density at radius 2 is 2.37 bits per heavy atom. The van der Waals surface area contributed by atoms with Crippen molar-refractivity contribution in [1.29, 1.82) is 0 Å². The molecule has 0 saturated carbocycles. The first-order valence-corrected chi connectivity index (χ1v) is 8.73. The summed E-state index contributed by atoms with van der Waals surface area (Å²) in [6.07, 6.45) is 0.769. The third kappa shape index (κ3) is 3.00. The number of hydrogen-bond donors (Lipinski definition) is 1. The molecule has 0 radical (unpaired) electrons. The molecule has 0 aliphatic carbocycles. The van der Waals surface area contributed by atoms with Gasteiger partial charge in [-0.05, 0) is 24.9 Å². The van der Waals surface area contributed by atoms with Gasteiger partial charge >= 0.3 is 0 Å². The van der Waals surface area contributed by atoms with E-state index in [9.17, 15) is 8.42 Å². The molecular weight excluding hydrogens is 284 g/mol. The summed E-state index contributed by atoms with van der Waals surface area (Å²) in [7, 11) is -1.59. The average molecular weight is 304 g/mol. The number of rotatable bonds is 5. The van der Waals surface area contributed by atoms with Crippen LogP contribution in [0.1, 0.15) is 18.2 Å². The first-order valence-electron chi connectivity index (χ1n) is 6.41. The molecule has 2 rings (SSSR count). The highest BCUT2D eigenvalue weighted by Gasteiger charge is 2.34. The van der Waals surface area contributed by atoms with E-state index in [0.29, 0.717) is 31.2 Å². The van der Waals surface area contributed by atoms with E-state index in [0.717, 1.165) is 11.3 Å². The van der Waals surface area contributed by atoms with Crippen LogP contribution in [0.2, 0.25) is 0 Å². The van der Waals surface area contributed by atoms with Crippen molar-refractivity contribution in [2.24, 2.45) is 0 Å². The number of ether oxygens (including phenoxy) is 1. The predicted octanol–water partition coefficient (Wildman–Crippen LogP) is 1.27. The SMILES string of the molecule is CCC1COCCN1S(=O)(=O)c1ccsc1CNC. The van der Waals surface area contributed by atoms with E-state index >= 15 is 0 Å². The zero-order valence-electron chi connectivity index (χ0n) is 11.3. The second kappa shape index (κ2) is 6.32. The lowest BCUT2D eigenvalue weighted by atomic mass is 10.2. The summed E-state index contributed by atoms with van der Waals surface area (Å²) in [5, 5.41) is 4.85. The zero-order valence-corrected chi connectivity index (χ0v) is 12.9. The number of nitrogens with zero attached hydrogens (tertiary/aromatic N) is 1. The smallest absolute Gasteiger partial charge is 0.244 e. The Hall–Kier alpha value is -0.470. The molecule has 0 bridgehead atoms. The summed E-state index contributed by atoms with van der Waals surface area (Å²) in [5.41, 5.74) is 0. The third-order valence-corrected chi connectivity index (χ3v) is 6.36. The van der Waals surface area contributed by atoms with Crippen molar-refractivity contribution in [3.63, 3.8) is 0 Å². The van der Waals surface area contributed by atoms with Crippen molar-refractivity contribution in [2.75, 3.05) is 26.8 Å². The molecule has 1 aliphatic rings. The Kier molecular flexibility index (Phi) is 4.97. The Balaban J connectivity index is 2.32. The molecule has 1 fully saturated rings. The first kappa shape index (κ1) is 14.9. The quantitative estimate of drug-likeness (QED) is 0.890. The van der Waals surface area contributed by atoms with Crippen molar-refractivity contribution < 1.29 is 13.2 Å². The first-order chi connectivity index (χ1) is 9.11. The van der Waals surface area contributed by atoms with Gasteiger partial charge in [0.15, 0.2) is 0 Å². The van der Waals surface area contributed by atoms with Crippen LogP contribution in [0.15, 0.2) is 16.3 Å². The second-order valence-corrected chi connectivity index (χ2v) is 7.35. The van der Waals surface area contributed by atoms with Gasteiger partial charge in [-0.1, -0.05) is 6.92 Å². The number of hydrogen-bond acceptors (Lipinski definition) is 5. The molecule has 1 N–H and O–H groups in total. The van der Waals surface area contributed by atoms with E-state index in [2.05, 4.69) is 5.32 Å². The Morgan fingerprint density at radius 1 is 1.58 bits per heavy atom. The minimum Gasteiger partial charge on any atom is -0.378 e. The van der Waals surface area contributed by atoms with Gasteiger partial charge in [0.25, 0.3) is 0 Å². The fraction of sp³-hybridized carbons (Fsp3) is 0.667. The lowest BCUT2D eigenvalue weighted by molar-refractivity contribution is 0.0314. The Labute approximate surface area is 118 Å². The Bertz CT molecular complexity index is 513. The molecule has 1 saturated heterocycles. The standard InChI is InChI=1S/C12H20N2O3S2/c1-3-10-9-17-6-5-14(10)19(15,16)12-4-7-18-11(12)8-13-2/h4,7,10,13H,3,5-6,8-9H2,1-2H3. The van der Waals surface area contributed by atoms with Crippen molar-refractivity contribution in [3.05, 3.63) is 16.3 Å². The zero-order chi connectivity index (χ0) is 13.9. The number of sulfonamides is 1. The van der Waals surface area contributed by atoms with Crippen LogP contribution in [0.5, 0.6) is 0 Å². The van der Waals surface area contributed by atoms with Crippen molar-refractivity contribution in [1.82, 2.24) is 9.62 Å². The maximum Gasteiger partial charge on any atom is 0.244 e. The molecule has 5 nitrogen and oxygen atoms in total. The fourth-order valence-corrected chi connectivity index (χ4v) is 5.35. The van der Waals surface area contributed by atoms with Gasteiger partial charge in [0.1, 0.15) is 0 Å². The summed E-state index contributed by atoms with van der Waals surface area (Å²) in [6.45, 7) is 3.97. The highest BCUT2D eigenvalue weighted by Crippen LogP contribution is 2.28. The summed E-state index contributed by atoms with van der Waals surface area (Å²) < 4.78 is 32.5. The molecule has 1 unspecified atom stereocenters. The number of nitrogens with one attached hydrogen (secondary N) is 1. The monoisotopic (exact) mass is 304 g/mol. The van der Waals surface area contributed by atoms with E-state index in [1.165, 1.54) is 11.3 Å². The van der Waals surface area contributed by atoms with Gasteiger partial charge in [-0.25, -0.2) is 8.42 Å². The molecule has 7 heteroatoms. The van der Waals surface area contributed by atoms with Crippen molar-refractivity contribution >= 4 is 21.4 Å². The highest BCUT2D eigenvalue weighted by atomic mass is 32.2. The van der Waals surface area contributed by atoms with Gasteiger partial charge in [-0.2, -0.15) is 4.31 Å². The van der Waals surface area contributed by atoms with Gasteiger partial charge in [-0.3, -0.25) is 0 Å². The summed E-state index contributed by atoms with van der Waals surface area (Å²) in [4.78, 5) is 1.30. The van der Waals surface area contributed by atoms with E-state index in [1.807, 2.05) is 19.4 Å². The molecule has 0 amide bonds. The molecule has 0 aromatic carbocycles. The van der Waals surface area contributed by atoms with Crippen molar-refractivity contribution in [3.8, 4) is 0 Å². The molecule has 1 atom stereocenters. The number of thiophene rings is 1. The lowest BCUT2D eigenvalue weighted by Gasteiger charge is -2.34. The molecule has 1 aromatic heterocycles. The maximum atomic E-state index is 12.8. The summed E-state index contributed by atoms with van der Waals surface area (Å²) in [5.74, 6) is 0. The molecule has 108 valence electrons. The van der Waals surface area contributed by atoms with E-state index in [-0.39, 0.29) is 6.04 Å². The third-order valence-electron chi connectivity index (χ3n) is 3.27. The van der Waals surface area contributed by atoms with Gasteiger partial charge in [-0.15, -0.1) is 11.3 Å². The van der Waals surface area contributed by atoms with E-state index in [4.69, 9.17) is 4.74 Å². The molecule has 19 heavy (non-hydrogen) atoms. The number of morpholine rings is 1. The Morgan fingerprint density at radius 3 is 3.05 bits per heavy atom. The predicted molar refractivity (Wildman–Crippen MR) is 75.9 cm³/mol. The van der Waals surface area contributed by atoms with E-state index < -0.39 is 10.0 Å². The second-order valence-electron chi connectivity index (χ2n) is 4.49. The lowest BCUT2D eigenvalue weighted by Crippen LogP contribution is -2.48. The van der Waals surface area contributed by atoms with Crippen LogP contribution in [0.25, 0.3) is 0 Å². The van der Waals surface area contributed by atoms with Crippen LogP contribution in [-0.2, 0) is 21.3 Å². The molecule has 0 spiro atoms. The normalized spacial score (nSPS) is 21.7. The van der Waals surface area contributed by atoms with Gasteiger partial charge in [0, 0.05) is 24.0 Å². The van der Waals surface area contributed by atoms with Crippen molar-refractivity contribution in [2.45, 2.75) is 30.8 Å². The molecule has 1 aliphatic heterocycles. The van der Waals surface area contributed by atoms with Gasteiger partial charge in [0.05, 0.1) is 18.1 Å². The van der Waals surface area contributed by atoms with Crippen LogP contribution in [0.3, 0.4) is 0 Å². The summed E-state index contributed by atoms with van der Waals surface area (Å²) >= 11 is 1.47. The highest BCUT2D eigenvalue weighted by molar-refractivity contribution is 7.89. The average Bonchev–Trinajstić information content (AvgIpc) is 2.88. The molecular formula is C12H20N2O3S2.